The molecular formula is C9H13NOS. The molecule has 1 aliphatic carbocycles. The molecule has 0 bridgehead atoms. The summed E-state index contributed by atoms with van der Waals surface area (Å²) in [6.07, 6.45) is 5.92. The smallest absolute Gasteiger partial charge is 0.0955 e. The van der Waals surface area contributed by atoms with E-state index in [0.29, 0.717) is 5.92 Å². The van der Waals surface area contributed by atoms with E-state index >= 15 is 0 Å². The number of rotatable bonds is 1. The van der Waals surface area contributed by atoms with Crippen LogP contribution in [0.3, 0.4) is 0 Å². The summed E-state index contributed by atoms with van der Waals surface area (Å²) in [6, 6.07) is 0. The zero-order chi connectivity index (χ0) is 8.39. The van der Waals surface area contributed by atoms with E-state index in [1.807, 2.05) is 11.6 Å². The highest BCUT2D eigenvalue weighted by Gasteiger charge is 2.21. The van der Waals surface area contributed by atoms with E-state index < -0.39 is 0 Å². The largest absolute Gasteiger partial charge is 0.393 e. The van der Waals surface area contributed by atoms with Gasteiger partial charge >= 0.3 is 0 Å². The predicted octanol–water partition coefficient (Wildman–Crippen LogP) is 2.16. The minimum Gasteiger partial charge on any atom is -0.393 e. The summed E-state index contributed by atoms with van der Waals surface area (Å²) in [5, 5.41) is 12.6. The number of thiazole rings is 1. The molecule has 1 saturated carbocycles. The Hall–Kier alpha value is -0.410. The molecule has 0 amide bonds. The Morgan fingerprint density at radius 2 is 2.08 bits per heavy atom. The van der Waals surface area contributed by atoms with Crippen LogP contribution in [0.4, 0.5) is 0 Å². The summed E-state index contributed by atoms with van der Waals surface area (Å²) in [5.74, 6) is 0.619. The first-order chi connectivity index (χ1) is 5.86. The number of aliphatic hydroxyl groups excluding tert-OH is 1. The van der Waals surface area contributed by atoms with Crippen molar-refractivity contribution in [1.82, 2.24) is 4.98 Å². The molecule has 0 aromatic carbocycles. The van der Waals surface area contributed by atoms with Crippen LogP contribution in [-0.4, -0.2) is 16.2 Å². The Morgan fingerprint density at radius 3 is 2.67 bits per heavy atom. The maximum absolute atomic E-state index is 9.31. The molecule has 0 saturated heterocycles. The lowest BCUT2D eigenvalue weighted by Crippen LogP contribution is -2.16. The fourth-order valence-corrected chi connectivity index (χ4v) is 2.57. The quantitative estimate of drug-likeness (QED) is 0.723. The summed E-state index contributed by atoms with van der Waals surface area (Å²) in [6.45, 7) is 0. The molecule has 0 unspecified atom stereocenters. The van der Waals surface area contributed by atoms with Crippen LogP contribution in [0, 0.1) is 0 Å². The van der Waals surface area contributed by atoms with Crippen molar-refractivity contribution in [3.05, 3.63) is 16.6 Å². The van der Waals surface area contributed by atoms with Crippen molar-refractivity contribution in [2.75, 3.05) is 0 Å². The van der Waals surface area contributed by atoms with Gasteiger partial charge in [0.2, 0.25) is 0 Å². The first-order valence-electron chi connectivity index (χ1n) is 4.43. The van der Waals surface area contributed by atoms with Crippen LogP contribution in [0.15, 0.2) is 11.6 Å². The number of aromatic nitrogens is 1. The van der Waals surface area contributed by atoms with Crippen molar-refractivity contribution >= 4 is 11.3 Å². The number of nitrogens with zero attached hydrogens (tertiary/aromatic N) is 1. The van der Waals surface area contributed by atoms with E-state index in [-0.39, 0.29) is 6.10 Å². The third kappa shape index (κ3) is 1.67. The predicted molar refractivity (Wildman–Crippen MR) is 49.3 cm³/mol. The zero-order valence-corrected chi connectivity index (χ0v) is 7.76. The van der Waals surface area contributed by atoms with Crippen LogP contribution >= 0.6 is 11.3 Å². The van der Waals surface area contributed by atoms with Gasteiger partial charge in [0.15, 0.2) is 0 Å². The monoisotopic (exact) mass is 183 g/mol. The summed E-state index contributed by atoms with van der Waals surface area (Å²) >= 11 is 1.74. The minimum absolute atomic E-state index is 0.0544. The molecule has 0 spiro atoms. The van der Waals surface area contributed by atoms with Gasteiger partial charge < -0.3 is 5.11 Å². The molecule has 66 valence electrons. The second kappa shape index (κ2) is 3.54. The normalized spacial score (nSPS) is 30.4. The fraction of sp³-hybridized carbons (Fsp3) is 0.667. The van der Waals surface area contributed by atoms with Crippen LogP contribution < -0.4 is 0 Å². The van der Waals surface area contributed by atoms with Crippen molar-refractivity contribution in [1.29, 1.82) is 0 Å². The second-order valence-corrected chi connectivity index (χ2v) is 4.30. The third-order valence-corrected chi connectivity index (χ3v) is 3.44. The lowest BCUT2D eigenvalue weighted by molar-refractivity contribution is 0.122. The van der Waals surface area contributed by atoms with Crippen molar-refractivity contribution in [3.8, 4) is 0 Å². The highest BCUT2D eigenvalue weighted by molar-refractivity contribution is 7.09. The van der Waals surface area contributed by atoms with Crippen LogP contribution in [0.2, 0.25) is 0 Å². The number of hydrogen-bond acceptors (Lipinski definition) is 3. The lowest BCUT2D eigenvalue weighted by Gasteiger charge is -2.23. The van der Waals surface area contributed by atoms with Crippen molar-refractivity contribution in [3.63, 3.8) is 0 Å². The minimum atomic E-state index is -0.0544. The molecule has 3 heteroatoms. The molecule has 2 nitrogen and oxygen atoms in total. The van der Waals surface area contributed by atoms with Crippen LogP contribution in [0.25, 0.3) is 0 Å². The molecule has 0 atom stereocenters. The van der Waals surface area contributed by atoms with Gasteiger partial charge in [-0.2, -0.15) is 0 Å². The van der Waals surface area contributed by atoms with Crippen molar-refractivity contribution < 1.29 is 5.11 Å². The molecular weight excluding hydrogens is 170 g/mol. The average molecular weight is 183 g/mol. The molecule has 1 heterocycles. The van der Waals surface area contributed by atoms with Gasteiger partial charge in [0.1, 0.15) is 0 Å². The summed E-state index contributed by atoms with van der Waals surface area (Å²) in [7, 11) is 0. The van der Waals surface area contributed by atoms with Gasteiger partial charge in [-0.15, -0.1) is 11.3 Å². The Morgan fingerprint density at radius 1 is 1.33 bits per heavy atom. The zero-order valence-electron chi connectivity index (χ0n) is 6.94. The molecule has 1 aromatic rings. The lowest BCUT2D eigenvalue weighted by atomic mass is 9.88. The molecule has 1 aliphatic rings. The van der Waals surface area contributed by atoms with E-state index in [2.05, 4.69) is 4.98 Å². The summed E-state index contributed by atoms with van der Waals surface area (Å²) in [5.41, 5.74) is 0. The Balaban J connectivity index is 1.99. The fourth-order valence-electron chi connectivity index (χ4n) is 1.76. The average Bonchev–Trinajstić information content (AvgIpc) is 2.58. The molecule has 12 heavy (non-hydrogen) atoms. The SMILES string of the molecule is O[C@H]1CC[C@H](c2nccs2)CC1. The first kappa shape index (κ1) is 8.20. The van der Waals surface area contributed by atoms with Crippen molar-refractivity contribution in [2.45, 2.75) is 37.7 Å². The molecule has 0 aliphatic heterocycles. The molecule has 1 fully saturated rings. The van der Waals surface area contributed by atoms with E-state index in [1.54, 1.807) is 11.3 Å². The Kier molecular flexibility index (Phi) is 2.42. The van der Waals surface area contributed by atoms with Gasteiger partial charge in [0.05, 0.1) is 11.1 Å². The number of aliphatic hydroxyl groups is 1. The summed E-state index contributed by atoms with van der Waals surface area (Å²) < 4.78 is 0. The standard InChI is InChI=1S/C9H13NOS/c11-8-3-1-7(2-4-8)9-10-5-6-12-9/h5-8,11H,1-4H2/t7-,8-. The van der Waals surface area contributed by atoms with E-state index in [9.17, 15) is 5.11 Å². The van der Waals surface area contributed by atoms with Crippen LogP contribution in [0.5, 0.6) is 0 Å². The third-order valence-electron chi connectivity index (χ3n) is 2.50. The number of hydrogen-bond donors (Lipinski definition) is 1. The maximum atomic E-state index is 9.31. The highest BCUT2D eigenvalue weighted by Crippen LogP contribution is 2.33. The molecule has 0 radical (unpaired) electrons. The van der Waals surface area contributed by atoms with Gasteiger partial charge in [-0.3, -0.25) is 0 Å². The molecule has 2 rings (SSSR count). The molecule has 1 aromatic heterocycles. The van der Waals surface area contributed by atoms with E-state index in [1.165, 1.54) is 5.01 Å². The first-order valence-corrected chi connectivity index (χ1v) is 5.31. The highest BCUT2D eigenvalue weighted by atomic mass is 32.1. The summed E-state index contributed by atoms with van der Waals surface area (Å²) in [4.78, 5) is 4.30. The maximum Gasteiger partial charge on any atom is 0.0955 e. The Labute approximate surface area is 76.3 Å². The Bertz CT molecular complexity index is 227. The van der Waals surface area contributed by atoms with Gasteiger partial charge in [0, 0.05) is 17.5 Å². The van der Waals surface area contributed by atoms with Crippen LogP contribution in [0.1, 0.15) is 36.6 Å². The van der Waals surface area contributed by atoms with Gasteiger partial charge in [-0.25, -0.2) is 4.98 Å². The second-order valence-electron chi connectivity index (χ2n) is 3.38. The van der Waals surface area contributed by atoms with Crippen LogP contribution in [-0.2, 0) is 0 Å². The van der Waals surface area contributed by atoms with E-state index in [0.717, 1.165) is 25.7 Å². The topological polar surface area (TPSA) is 33.1 Å². The van der Waals surface area contributed by atoms with Crippen molar-refractivity contribution in [2.24, 2.45) is 0 Å². The van der Waals surface area contributed by atoms with Gasteiger partial charge in [-0.1, -0.05) is 0 Å². The van der Waals surface area contributed by atoms with Gasteiger partial charge in [0.25, 0.3) is 0 Å². The molecule has 1 N–H and O–H groups in total. The van der Waals surface area contributed by atoms with E-state index in [4.69, 9.17) is 0 Å². The van der Waals surface area contributed by atoms with Gasteiger partial charge in [-0.05, 0) is 25.7 Å².